The monoisotopic (exact) mass is 1760 g/mol. The van der Waals surface area contributed by atoms with Crippen molar-refractivity contribution in [2.24, 2.45) is 0 Å². The van der Waals surface area contributed by atoms with Crippen LogP contribution >= 0.6 is 45.3 Å². The predicted octanol–water partition coefficient (Wildman–Crippen LogP) is 20.5. The van der Waals surface area contributed by atoms with Crippen LogP contribution in [-0.4, -0.2) is 133 Å². The Bertz CT molecular complexity index is 4210. The van der Waals surface area contributed by atoms with Gasteiger partial charge in [0.2, 0.25) is 29.4 Å². The fourth-order valence-electron chi connectivity index (χ4n) is 10.7. The van der Waals surface area contributed by atoms with Crippen molar-refractivity contribution in [2.45, 2.75) is 249 Å². The van der Waals surface area contributed by atoms with Crippen molar-refractivity contribution in [3.8, 4) is 23.0 Å². The summed E-state index contributed by atoms with van der Waals surface area (Å²) in [5, 5.41) is 27.4. The van der Waals surface area contributed by atoms with Crippen LogP contribution in [0.5, 0.6) is 23.0 Å². The van der Waals surface area contributed by atoms with Crippen LogP contribution in [0.15, 0.2) is 84.9 Å². The number of hydrogen-bond acceptors (Lipinski definition) is 21. The molecule has 4 heterocycles. The topological polar surface area (TPSA) is 350 Å². The Hall–Kier alpha value is -8.90. The Labute approximate surface area is 731 Å². The molecule has 0 aliphatic carbocycles. The van der Waals surface area contributed by atoms with Crippen molar-refractivity contribution >= 4 is 160 Å². The minimum atomic E-state index is -0.470. The largest absolute Gasteiger partial charge is 3.00 e. The standard InChI is InChI=1S/C23H34N4O3S.C21H29N3O4S.C20H30N4O3S.C14H17N2O2S.C7H13O.C3H7.Ni/c1-3-4-9-15-24-22(29)25-16-10-7-5-6-8-11-17-30-19-13-12-14-20-21(19)27-23(31-20)26-18(2)28;1-3-4-6-10-16(26)20(27)22-13-7-5-8-14-28-17-11-9-12-18-19(17)24-21(29-18)23-15(2)25;1-3-4-6-12-21-19(26)22-13-7-5-8-14-27-16-10-9-11-17-18(16)24-20(28-17)23-15(2)25;1-3-4-5-9-18-11-7-6-8-12-13(11)16-14(19-12)15-10(2)17;1-2-3-4-5-6-7-8;1-3-2;/h6,8,12-14H,3-5,7,9-11,15-17H2,1-2H3,(H2,24,25,29)(H,26,27,28);9,11-12H,3-8,10,13-14H2,1-2H3,(H,22,27)(H,23,24,25);9-11H,3-8,12-14H2,1-2H3,(H2,21,22,26)(H,23,24,25);6-8H,1,3-5,9H2,2H3,(H,15,16,17);2-6H2,1H3;1,3H2,2H3;/q;;;3*-1;+3/b8-6-;;;;;;. The van der Waals surface area contributed by atoms with Crippen molar-refractivity contribution in [1.29, 1.82) is 0 Å². The fraction of sp³-hybridized carbons (Fsp3) is 0.534. The first-order valence-corrected chi connectivity index (χ1v) is 45.1. The van der Waals surface area contributed by atoms with Crippen LogP contribution in [0.25, 0.3) is 40.9 Å². The third kappa shape index (κ3) is 48.8. The van der Waals surface area contributed by atoms with Crippen molar-refractivity contribution < 1.29 is 78.6 Å². The Kier molecular flexibility index (Phi) is 60.5. The molecule has 0 bridgehead atoms. The fourth-order valence-corrected chi connectivity index (χ4v) is 14.4. The maximum absolute atomic E-state index is 11.7. The summed E-state index contributed by atoms with van der Waals surface area (Å²) < 4.78 is 27.3. The van der Waals surface area contributed by atoms with Crippen LogP contribution in [-0.2, 0) is 50.1 Å². The van der Waals surface area contributed by atoms with Crippen LogP contribution in [0.2, 0.25) is 0 Å². The number of thiazole rings is 4. The average molecular weight is 1770 g/mol. The number of ketones is 1. The minimum absolute atomic E-state index is 0. The van der Waals surface area contributed by atoms with Gasteiger partial charge in [0.1, 0.15) is 45.1 Å². The molecular formula is C88H130N13NiO13S4. The number of ether oxygens (including phenoxy) is 4. The molecule has 0 aliphatic heterocycles. The number of fused-ring (bicyclic) bond motifs is 4. The molecule has 8 aromatic rings. The van der Waals surface area contributed by atoms with E-state index in [-0.39, 0.29) is 58.0 Å². The molecule has 9 N–H and O–H groups in total. The Morgan fingerprint density at radius 2 is 0.681 bits per heavy atom. The van der Waals surface area contributed by atoms with Gasteiger partial charge in [-0.3, -0.25) is 35.1 Å². The molecule has 0 saturated carbocycles. The number of para-hydroxylation sites is 4. The van der Waals surface area contributed by atoms with E-state index in [1.807, 2.05) is 86.0 Å². The maximum atomic E-state index is 11.7. The van der Waals surface area contributed by atoms with E-state index in [4.69, 9.17) is 18.9 Å². The normalized spacial score (nSPS) is 10.4. The summed E-state index contributed by atoms with van der Waals surface area (Å²) in [4.78, 5) is 119. The molecule has 0 unspecified atom stereocenters. The van der Waals surface area contributed by atoms with Gasteiger partial charge in [-0.25, -0.2) is 29.5 Å². The zero-order valence-electron chi connectivity index (χ0n) is 71.4. The molecule has 659 valence electrons. The summed E-state index contributed by atoms with van der Waals surface area (Å²) in [6, 6.07) is 23.0. The van der Waals surface area contributed by atoms with Crippen LogP contribution in [0.4, 0.5) is 30.1 Å². The number of anilines is 4. The summed E-state index contributed by atoms with van der Waals surface area (Å²) in [5.74, 6) is 1.61. The number of urea groups is 2. The van der Waals surface area contributed by atoms with Crippen LogP contribution in [0.3, 0.4) is 0 Å². The van der Waals surface area contributed by atoms with Crippen molar-refractivity contribution in [1.82, 2.24) is 46.5 Å². The Balaban J connectivity index is 0.000000518. The molecule has 0 spiro atoms. The van der Waals surface area contributed by atoms with E-state index in [0.717, 1.165) is 225 Å². The zero-order valence-corrected chi connectivity index (χ0v) is 75.7. The van der Waals surface area contributed by atoms with Gasteiger partial charge in [-0.2, -0.15) is 19.3 Å². The number of amides is 9. The molecule has 9 amide bonds. The van der Waals surface area contributed by atoms with E-state index in [1.165, 1.54) is 92.3 Å². The van der Waals surface area contributed by atoms with E-state index >= 15 is 0 Å². The van der Waals surface area contributed by atoms with Gasteiger partial charge in [0.05, 0.1) is 45.2 Å². The number of aromatic nitrogens is 4. The van der Waals surface area contributed by atoms with Gasteiger partial charge in [-0.05, 0) is 138 Å². The second-order valence-electron chi connectivity index (χ2n) is 27.4. The number of carbonyl (C=O) groups excluding carboxylic acids is 9. The molecule has 0 aliphatic rings. The molecule has 8 rings (SSSR count). The molecule has 119 heavy (non-hydrogen) atoms. The molecule has 1 radical (unpaired) electrons. The Morgan fingerprint density at radius 3 is 1.03 bits per heavy atom. The number of benzene rings is 4. The quantitative estimate of drug-likeness (QED) is 0.00562. The summed E-state index contributed by atoms with van der Waals surface area (Å²) in [7, 11) is 0. The van der Waals surface area contributed by atoms with Crippen molar-refractivity contribution in [2.75, 3.05) is 80.4 Å². The van der Waals surface area contributed by atoms with E-state index in [0.29, 0.717) is 85.2 Å². The van der Waals surface area contributed by atoms with E-state index in [9.17, 15) is 43.2 Å². The third-order valence-corrected chi connectivity index (χ3v) is 20.4. The number of allylic oxidation sites excluding steroid dienone is 1. The second kappa shape index (κ2) is 67.8. The molecule has 4 aromatic carbocycles. The minimum Gasteiger partial charge on any atom is -0.542 e. The number of rotatable bonds is 50. The predicted molar refractivity (Wildman–Crippen MR) is 486 cm³/mol. The molecule has 26 nitrogen and oxygen atoms in total. The van der Waals surface area contributed by atoms with E-state index in [2.05, 4.69) is 121 Å². The number of hydrogen-bond donors (Lipinski definition) is 9. The molecular weight excluding hydrogens is 1630 g/mol. The number of Topliss-reactive ketones (excluding diaryl/α,β-unsaturated/α-hetero) is 1. The first kappa shape index (κ1) is 106. The Morgan fingerprint density at radius 1 is 0.378 bits per heavy atom. The van der Waals surface area contributed by atoms with Gasteiger partial charge in [0.15, 0.2) is 20.5 Å². The summed E-state index contributed by atoms with van der Waals surface area (Å²) in [6.07, 6.45) is 34.4. The van der Waals surface area contributed by atoms with Crippen LogP contribution in [0, 0.1) is 13.8 Å². The molecule has 31 heteroatoms. The summed E-state index contributed by atoms with van der Waals surface area (Å²) in [5.41, 5.74) is 3.11. The van der Waals surface area contributed by atoms with Gasteiger partial charge in [-0.15, -0.1) is 0 Å². The second-order valence-corrected chi connectivity index (χ2v) is 31.5. The van der Waals surface area contributed by atoms with Crippen molar-refractivity contribution in [3.63, 3.8) is 0 Å². The first-order valence-electron chi connectivity index (χ1n) is 41.9. The number of nitrogens with zero attached hydrogens (tertiary/aromatic N) is 4. The molecule has 0 saturated heterocycles. The molecule has 0 atom stereocenters. The summed E-state index contributed by atoms with van der Waals surface area (Å²) in [6.45, 7) is 29.4. The van der Waals surface area contributed by atoms with Crippen LogP contribution in [0.1, 0.15) is 249 Å². The van der Waals surface area contributed by atoms with Gasteiger partial charge in [-0.1, -0.05) is 187 Å². The molecule has 4 aromatic heterocycles. The van der Waals surface area contributed by atoms with E-state index in [1.54, 1.807) is 0 Å². The van der Waals surface area contributed by atoms with E-state index < -0.39 is 5.91 Å². The third-order valence-electron chi connectivity index (χ3n) is 16.6. The van der Waals surface area contributed by atoms with Gasteiger partial charge < -0.3 is 85.4 Å². The first-order chi connectivity index (χ1) is 57.2. The zero-order chi connectivity index (χ0) is 86.2. The van der Waals surface area contributed by atoms with Gasteiger partial charge in [0.25, 0.3) is 5.91 Å². The SMILES string of the molecule is CCCCCC(=O)C(=O)NCCCCCOc1cccc2sc(NC(C)=O)nc12.CCCCCC[C-]=O.CCCCCNC(=O)NCCCC/C=C\CCOc1cccc2sc(NC(C)=O)nc12.CCCCCNC(=O)NCCCCCOc1cccc2sc(NC(C)=O)nc12.[CH2-]CC.[CH2-]CCCCOc1cccc2sc(NC(C)=O)nc12.[Ni+3]. The maximum Gasteiger partial charge on any atom is 3.00 e. The van der Waals surface area contributed by atoms with Gasteiger partial charge in [0, 0.05) is 66.8 Å². The summed E-state index contributed by atoms with van der Waals surface area (Å²) >= 11 is 5.73. The smallest absolute Gasteiger partial charge is 0.542 e. The van der Waals surface area contributed by atoms with Crippen molar-refractivity contribution in [3.05, 3.63) is 98.8 Å². The number of carbonyl (C=O) groups is 8. The average Bonchev–Trinajstić information content (AvgIpc) is 1.71. The van der Waals surface area contributed by atoms with Crippen LogP contribution < -0.4 is 66.8 Å². The molecule has 0 fully saturated rings. The number of unbranched alkanes of at least 4 members (excludes halogenated alkanes) is 18. The number of nitrogens with one attached hydrogen (secondary N) is 9. The van der Waals surface area contributed by atoms with Gasteiger partial charge >= 0.3 is 28.6 Å².